The minimum Gasteiger partial charge on any atom is -0.343 e. The van der Waals surface area contributed by atoms with Gasteiger partial charge in [0, 0.05) is 56.9 Å². The van der Waals surface area contributed by atoms with Gasteiger partial charge in [0.1, 0.15) is 0 Å². The van der Waals surface area contributed by atoms with Crippen LogP contribution in [0.2, 0.25) is 0 Å². The third-order valence-electron chi connectivity index (χ3n) is 14.7. The molecular weight excluding hydrogens is 809 g/mol. The SMILES string of the molecule is CCCCCCCCCCCCCCn1c2cc3c4ccc5cc(/C=C/c6ccc7ccccc7c6)ccc5c4n(C)c3cc2c2ccc3cc(/C=C/c4ccc5ccccc5c4)ccc3c21. The Morgan fingerprint density at radius 2 is 0.716 bits per heavy atom. The predicted molar refractivity (Wildman–Crippen MR) is 295 cm³/mol. The zero-order chi connectivity index (χ0) is 45.1. The molecule has 0 saturated carbocycles. The van der Waals surface area contributed by atoms with E-state index in [4.69, 9.17) is 0 Å². The Balaban J connectivity index is 0.922. The molecule has 2 aromatic heterocycles. The lowest BCUT2D eigenvalue weighted by atomic mass is 10.0. The van der Waals surface area contributed by atoms with Crippen LogP contribution in [0.3, 0.4) is 0 Å². The summed E-state index contributed by atoms with van der Waals surface area (Å²) in [4.78, 5) is 0. The lowest BCUT2D eigenvalue weighted by molar-refractivity contribution is 0.533. The molecule has 0 bridgehead atoms. The summed E-state index contributed by atoms with van der Waals surface area (Å²) in [5.74, 6) is 0. The number of nitrogens with zero attached hydrogens (tertiary/aromatic N) is 2. The molecule has 0 saturated heterocycles. The van der Waals surface area contributed by atoms with Gasteiger partial charge in [0.15, 0.2) is 0 Å². The number of rotatable bonds is 17. The van der Waals surface area contributed by atoms with E-state index in [1.807, 2.05) is 0 Å². The van der Waals surface area contributed by atoms with Gasteiger partial charge in [0.05, 0.1) is 11.0 Å². The van der Waals surface area contributed by atoms with E-state index >= 15 is 0 Å². The maximum absolute atomic E-state index is 2.68. The van der Waals surface area contributed by atoms with Crippen molar-refractivity contribution < 1.29 is 0 Å². The highest BCUT2D eigenvalue weighted by molar-refractivity contribution is 6.24. The molecule has 0 unspecified atom stereocenters. The highest BCUT2D eigenvalue weighted by Gasteiger charge is 2.19. The van der Waals surface area contributed by atoms with E-state index in [1.54, 1.807) is 0 Å². The fourth-order valence-electron chi connectivity index (χ4n) is 11.1. The van der Waals surface area contributed by atoms with Crippen molar-refractivity contribution >= 4 is 111 Å². The molecule has 0 aliphatic carbocycles. The minimum atomic E-state index is 1.02. The van der Waals surface area contributed by atoms with Crippen molar-refractivity contribution in [3.63, 3.8) is 0 Å². The first-order valence-electron chi connectivity index (χ1n) is 25.3. The number of fused-ring (bicyclic) bond motifs is 12. The molecule has 0 N–H and O–H groups in total. The molecule has 332 valence electrons. The number of benzene rings is 9. The fraction of sp³-hybridized carbons (Fsp3) is 0.231. The second kappa shape index (κ2) is 19.1. The van der Waals surface area contributed by atoms with Gasteiger partial charge >= 0.3 is 0 Å². The van der Waals surface area contributed by atoms with E-state index < -0.39 is 0 Å². The fourth-order valence-corrected chi connectivity index (χ4v) is 11.1. The highest BCUT2D eigenvalue weighted by Crippen LogP contribution is 2.41. The van der Waals surface area contributed by atoms with Crippen molar-refractivity contribution in [1.29, 1.82) is 0 Å². The van der Waals surface area contributed by atoms with Crippen LogP contribution in [0.4, 0.5) is 0 Å². The van der Waals surface area contributed by atoms with Crippen molar-refractivity contribution in [1.82, 2.24) is 9.13 Å². The molecule has 0 spiro atoms. The van der Waals surface area contributed by atoms with Crippen molar-refractivity contribution in [2.45, 2.75) is 90.5 Å². The standard InChI is InChI=1S/C65H62N2/c1-3-4-5-6-7-8-9-10-11-12-13-18-39-67-63-45-60-58-37-33-54-42-48(25-23-46-27-31-50-19-14-16-21-52(50)40-46)29-35-56(54)64(58)66(2)62(60)44-61(63)59-38-34-55-43-49(30-36-57(55)65(59)67)26-24-47-28-32-51-20-15-17-22-53(51)41-47/h14-17,19-38,40-45H,3-13,18,39H2,1-2H3/b25-23+,26-24+. The Hall–Kier alpha value is -6.90. The molecular formula is C65H62N2. The minimum absolute atomic E-state index is 1.02. The molecule has 67 heavy (non-hydrogen) atoms. The number of hydrogen-bond donors (Lipinski definition) is 0. The summed E-state index contributed by atoms with van der Waals surface area (Å²) < 4.78 is 5.13. The van der Waals surface area contributed by atoms with Crippen LogP contribution in [0, 0.1) is 0 Å². The number of unbranched alkanes of at least 4 members (excludes halogenated alkanes) is 11. The van der Waals surface area contributed by atoms with Crippen molar-refractivity contribution in [3.8, 4) is 0 Å². The van der Waals surface area contributed by atoms with E-state index in [0.717, 1.165) is 6.54 Å². The Morgan fingerprint density at radius 3 is 1.25 bits per heavy atom. The Morgan fingerprint density at radius 1 is 0.328 bits per heavy atom. The van der Waals surface area contributed by atoms with Crippen molar-refractivity contribution in [2.75, 3.05) is 0 Å². The van der Waals surface area contributed by atoms with Gasteiger partial charge in [-0.25, -0.2) is 0 Å². The zero-order valence-corrected chi connectivity index (χ0v) is 39.4. The first kappa shape index (κ1) is 42.7. The molecule has 2 heteroatoms. The molecule has 2 heterocycles. The van der Waals surface area contributed by atoms with Crippen LogP contribution in [-0.4, -0.2) is 9.13 Å². The molecule has 0 fully saturated rings. The van der Waals surface area contributed by atoms with E-state index in [9.17, 15) is 0 Å². The van der Waals surface area contributed by atoms with Crippen LogP contribution in [0.25, 0.3) is 111 Å². The summed E-state index contributed by atoms with van der Waals surface area (Å²) in [6.07, 6.45) is 25.3. The van der Waals surface area contributed by atoms with Gasteiger partial charge in [-0.2, -0.15) is 0 Å². The summed E-state index contributed by atoms with van der Waals surface area (Å²) in [6.45, 7) is 3.33. The number of hydrogen-bond acceptors (Lipinski definition) is 0. The van der Waals surface area contributed by atoms with Crippen molar-refractivity contribution in [3.05, 3.63) is 180 Å². The van der Waals surface area contributed by atoms with E-state index in [0.29, 0.717) is 0 Å². The lowest BCUT2D eigenvalue weighted by Gasteiger charge is -2.11. The third kappa shape index (κ3) is 8.67. The molecule has 9 aromatic carbocycles. The number of aryl methyl sites for hydroxylation is 2. The summed E-state index contributed by atoms with van der Waals surface area (Å²) in [6, 6.07) is 59.0. The normalized spacial score (nSPS) is 12.4. The molecule has 0 aliphatic heterocycles. The zero-order valence-electron chi connectivity index (χ0n) is 39.4. The summed E-state index contributed by atoms with van der Waals surface area (Å²) in [5.41, 5.74) is 10.2. The van der Waals surface area contributed by atoms with Crippen LogP contribution < -0.4 is 0 Å². The van der Waals surface area contributed by atoms with E-state index in [2.05, 4.69) is 205 Å². The second-order valence-electron chi connectivity index (χ2n) is 19.3. The van der Waals surface area contributed by atoms with Crippen LogP contribution in [0.5, 0.6) is 0 Å². The van der Waals surface area contributed by atoms with E-state index in [1.165, 1.54) is 186 Å². The van der Waals surface area contributed by atoms with Gasteiger partial charge in [0.25, 0.3) is 0 Å². The van der Waals surface area contributed by atoms with Crippen LogP contribution >= 0.6 is 0 Å². The summed E-state index contributed by atoms with van der Waals surface area (Å²) in [5, 5.41) is 15.6. The molecule has 0 radical (unpaired) electrons. The lowest BCUT2D eigenvalue weighted by Crippen LogP contribution is -1.98. The van der Waals surface area contributed by atoms with Gasteiger partial charge in [-0.05, 0) is 97.4 Å². The first-order valence-corrected chi connectivity index (χ1v) is 25.3. The first-order chi connectivity index (χ1) is 33.1. The molecule has 2 nitrogen and oxygen atoms in total. The van der Waals surface area contributed by atoms with Gasteiger partial charge in [0.2, 0.25) is 0 Å². The highest BCUT2D eigenvalue weighted by atomic mass is 15.0. The molecule has 0 atom stereocenters. The predicted octanol–water partition coefficient (Wildman–Crippen LogP) is 19.1. The summed E-state index contributed by atoms with van der Waals surface area (Å²) in [7, 11) is 2.26. The summed E-state index contributed by atoms with van der Waals surface area (Å²) >= 11 is 0. The molecule has 11 rings (SSSR count). The van der Waals surface area contributed by atoms with Gasteiger partial charge in [-0.15, -0.1) is 0 Å². The van der Waals surface area contributed by atoms with Crippen molar-refractivity contribution in [2.24, 2.45) is 7.05 Å². The topological polar surface area (TPSA) is 9.86 Å². The maximum atomic E-state index is 2.68. The van der Waals surface area contributed by atoms with E-state index in [-0.39, 0.29) is 0 Å². The Kier molecular flexibility index (Phi) is 12.2. The van der Waals surface area contributed by atoms with Gasteiger partial charge in [-0.1, -0.05) is 223 Å². The van der Waals surface area contributed by atoms with Crippen LogP contribution in [0.1, 0.15) is 106 Å². The monoisotopic (exact) mass is 870 g/mol. The second-order valence-corrected chi connectivity index (χ2v) is 19.3. The molecule has 0 aliphatic rings. The van der Waals surface area contributed by atoms with Crippen LogP contribution in [-0.2, 0) is 13.6 Å². The molecule has 11 aromatic rings. The number of aromatic nitrogens is 2. The maximum Gasteiger partial charge on any atom is 0.0571 e. The van der Waals surface area contributed by atoms with Gasteiger partial charge < -0.3 is 9.13 Å². The molecule has 0 amide bonds. The average Bonchev–Trinajstić information content (AvgIpc) is 3.84. The quantitative estimate of drug-likeness (QED) is 0.0637. The third-order valence-corrected chi connectivity index (χ3v) is 14.7. The Bertz CT molecular complexity index is 3650. The smallest absolute Gasteiger partial charge is 0.0571 e. The van der Waals surface area contributed by atoms with Crippen LogP contribution in [0.15, 0.2) is 158 Å². The van der Waals surface area contributed by atoms with Gasteiger partial charge in [-0.3, -0.25) is 0 Å². The average molecular weight is 871 g/mol. The Labute approximate surface area is 395 Å². The largest absolute Gasteiger partial charge is 0.343 e.